The van der Waals surface area contributed by atoms with Gasteiger partial charge in [-0.25, -0.2) is 4.39 Å². The molecule has 4 nitrogen and oxygen atoms in total. The molecular formula is C29H34F4N2O2Si. The Morgan fingerprint density at radius 2 is 1.53 bits per heavy atom. The molecule has 1 aliphatic heterocycles. The van der Waals surface area contributed by atoms with E-state index in [1.807, 2.05) is 24.0 Å². The molecule has 1 saturated heterocycles. The van der Waals surface area contributed by atoms with Gasteiger partial charge in [0.2, 0.25) is 14.2 Å². The van der Waals surface area contributed by atoms with Crippen molar-refractivity contribution in [3.63, 3.8) is 0 Å². The van der Waals surface area contributed by atoms with Crippen molar-refractivity contribution in [2.24, 2.45) is 5.92 Å². The second-order valence-electron chi connectivity index (χ2n) is 11.6. The van der Waals surface area contributed by atoms with Crippen molar-refractivity contribution in [3.05, 3.63) is 76.8 Å². The van der Waals surface area contributed by atoms with E-state index in [2.05, 4.69) is 33.9 Å². The summed E-state index contributed by atoms with van der Waals surface area (Å²) in [5.74, 6) is -1.12. The fraction of sp³-hybridized carbons (Fsp3) is 0.414. The third kappa shape index (κ3) is 5.25. The van der Waals surface area contributed by atoms with Gasteiger partial charge < -0.3 is 9.33 Å². The van der Waals surface area contributed by atoms with E-state index >= 15 is 0 Å². The first-order valence-electron chi connectivity index (χ1n) is 12.6. The van der Waals surface area contributed by atoms with Crippen LogP contribution < -0.4 is 14.2 Å². The lowest BCUT2D eigenvalue weighted by Gasteiger charge is -2.45. The molecule has 1 amide bonds. The quantitative estimate of drug-likeness (QED) is 0.288. The third-order valence-corrected chi connectivity index (χ3v) is 12.2. The number of hydrogen-bond acceptors (Lipinski definition) is 3. The summed E-state index contributed by atoms with van der Waals surface area (Å²) in [5, 5.41) is 0.00333. The Morgan fingerprint density at radius 1 is 0.921 bits per heavy atom. The minimum absolute atomic E-state index is 0.00333. The van der Waals surface area contributed by atoms with Crippen molar-refractivity contribution in [2.75, 3.05) is 16.5 Å². The number of halogens is 4. The van der Waals surface area contributed by atoms with Gasteiger partial charge in [0.1, 0.15) is 18.2 Å². The highest BCUT2D eigenvalue weighted by Gasteiger charge is 2.45. The van der Waals surface area contributed by atoms with Crippen LogP contribution >= 0.6 is 0 Å². The van der Waals surface area contributed by atoms with E-state index in [0.29, 0.717) is 28.4 Å². The largest absolute Gasteiger partial charge is 0.543 e. The van der Waals surface area contributed by atoms with Crippen molar-refractivity contribution >= 4 is 25.6 Å². The second-order valence-corrected chi connectivity index (χ2v) is 16.3. The highest BCUT2D eigenvalue weighted by Crippen LogP contribution is 2.44. The lowest BCUT2D eigenvalue weighted by molar-refractivity contribution is -0.123. The van der Waals surface area contributed by atoms with Crippen LogP contribution in [0.15, 0.2) is 59.8 Å². The number of rotatable bonds is 4. The highest BCUT2D eigenvalue weighted by atomic mass is 28.4. The number of carbonyl (C=O) groups excluding carboxylic acids is 1. The molecule has 0 radical (unpaired) electrons. The molecule has 1 heterocycles. The molecule has 2 aromatic rings. The summed E-state index contributed by atoms with van der Waals surface area (Å²) in [4.78, 5) is 17.1. The van der Waals surface area contributed by atoms with E-state index in [1.54, 1.807) is 19.1 Å². The molecule has 9 heteroatoms. The van der Waals surface area contributed by atoms with Gasteiger partial charge in [-0.15, -0.1) is 0 Å². The van der Waals surface area contributed by atoms with E-state index < -0.39 is 44.1 Å². The van der Waals surface area contributed by atoms with Gasteiger partial charge in [0, 0.05) is 22.6 Å². The average Bonchev–Trinajstić information content (AvgIpc) is 2.79. The van der Waals surface area contributed by atoms with Crippen LogP contribution in [0.1, 0.15) is 38.3 Å². The van der Waals surface area contributed by atoms with Crippen LogP contribution in [0.4, 0.5) is 28.9 Å². The lowest BCUT2D eigenvalue weighted by Crippen LogP contribution is -2.53. The predicted molar refractivity (Wildman–Crippen MR) is 145 cm³/mol. The van der Waals surface area contributed by atoms with Gasteiger partial charge >= 0.3 is 6.18 Å². The van der Waals surface area contributed by atoms with E-state index in [0.717, 1.165) is 11.6 Å². The van der Waals surface area contributed by atoms with Gasteiger partial charge in [0.15, 0.2) is 0 Å². The Kier molecular flexibility index (Phi) is 7.05. The Hall–Kier alpha value is -3.07. The maximum absolute atomic E-state index is 13.9. The van der Waals surface area contributed by atoms with Crippen LogP contribution in [-0.4, -0.2) is 27.1 Å². The normalized spacial score (nSPS) is 18.7. The van der Waals surface area contributed by atoms with Crippen molar-refractivity contribution < 1.29 is 26.8 Å². The number of anilines is 2. The molecule has 1 atom stereocenters. The summed E-state index contributed by atoms with van der Waals surface area (Å²) < 4.78 is 61.1. The number of fused-ring (bicyclic) bond motifs is 1. The van der Waals surface area contributed by atoms with Gasteiger partial charge in [0.05, 0.1) is 5.92 Å². The molecule has 2 aromatic carbocycles. The minimum atomic E-state index is -4.53. The first kappa shape index (κ1) is 27.9. The molecule has 1 unspecified atom stereocenters. The molecule has 1 aliphatic carbocycles. The summed E-state index contributed by atoms with van der Waals surface area (Å²) in [7, 11) is -2.09. The zero-order chi connectivity index (χ0) is 28.2. The summed E-state index contributed by atoms with van der Waals surface area (Å²) in [5.41, 5.74) is 2.38. The molecule has 4 rings (SSSR count). The molecule has 0 saturated carbocycles. The minimum Gasteiger partial charge on any atom is -0.543 e. The van der Waals surface area contributed by atoms with Crippen molar-refractivity contribution in [1.82, 2.24) is 0 Å². The van der Waals surface area contributed by atoms with Gasteiger partial charge in [-0.2, -0.15) is 13.2 Å². The van der Waals surface area contributed by atoms with Gasteiger partial charge in [-0.05, 0) is 92.0 Å². The summed E-state index contributed by atoms with van der Waals surface area (Å²) in [6.45, 7) is 14.4. The fourth-order valence-corrected chi connectivity index (χ4v) is 5.67. The number of benzene rings is 2. The Balaban J connectivity index is 1.75. The smallest absolute Gasteiger partial charge is 0.412 e. The average molecular weight is 547 g/mol. The monoisotopic (exact) mass is 546 g/mol. The van der Waals surface area contributed by atoms with Crippen molar-refractivity contribution in [1.29, 1.82) is 0 Å². The number of nitrogens with zero attached hydrogens (tertiary/aromatic N) is 2. The van der Waals surface area contributed by atoms with Gasteiger partial charge in [0.25, 0.3) is 0 Å². The van der Waals surface area contributed by atoms with E-state index in [1.165, 1.54) is 23.1 Å². The molecule has 1 fully saturated rings. The zero-order valence-corrected chi connectivity index (χ0v) is 23.8. The van der Waals surface area contributed by atoms with Crippen LogP contribution in [0.25, 0.3) is 0 Å². The number of alkyl halides is 3. The summed E-state index contributed by atoms with van der Waals surface area (Å²) in [6.07, 6.45) is -2.57. The highest BCUT2D eigenvalue weighted by molar-refractivity contribution is 6.74. The molecule has 0 spiro atoms. The summed E-state index contributed by atoms with van der Waals surface area (Å²) in [6, 6.07) is 9.78. The number of allylic oxidation sites excluding steroid dienone is 3. The third-order valence-electron chi connectivity index (χ3n) is 7.85. The molecule has 0 N–H and O–H groups in total. The number of amides is 1. The second kappa shape index (κ2) is 9.59. The number of hydrogen-bond donors (Lipinski definition) is 0. The predicted octanol–water partition coefficient (Wildman–Crippen LogP) is 8.03. The van der Waals surface area contributed by atoms with Crippen LogP contribution in [0.5, 0.6) is 5.75 Å². The van der Waals surface area contributed by atoms with E-state index in [9.17, 15) is 22.4 Å². The molecule has 0 aromatic heterocycles. The lowest BCUT2D eigenvalue weighted by atomic mass is 9.86. The molecule has 0 bridgehead atoms. The maximum Gasteiger partial charge on any atom is 0.412 e. The van der Waals surface area contributed by atoms with Crippen LogP contribution in [-0.2, 0) is 4.79 Å². The first-order valence-corrected chi connectivity index (χ1v) is 15.5. The van der Waals surface area contributed by atoms with Crippen LogP contribution in [0, 0.1) is 25.6 Å². The molecule has 38 heavy (non-hydrogen) atoms. The zero-order valence-electron chi connectivity index (χ0n) is 22.8. The Labute approximate surface area is 222 Å². The molecule has 2 aliphatic rings. The number of carbonyl (C=O) groups is 1. The van der Waals surface area contributed by atoms with Crippen molar-refractivity contribution in [2.45, 2.75) is 65.3 Å². The Morgan fingerprint density at radius 3 is 2.11 bits per heavy atom. The van der Waals surface area contributed by atoms with Crippen LogP contribution in [0.2, 0.25) is 18.1 Å². The van der Waals surface area contributed by atoms with Gasteiger partial charge in [-0.3, -0.25) is 9.69 Å². The van der Waals surface area contributed by atoms with Crippen LogP contribution in [0.3, 0.4) is 0 Å². The molecule has 204 valence electrons. The van der Waals surface area contributed by atoms with E-state index in [4.69, 9.17) is 4.43 Å². The van der Waals surface area contributed by atoms with Crippen molar-refractivity contribution in [3.8, 4) is 5.75 Å². The number of aryl methyl sites for hydroxylation is 2. The Bertz CT molecular complexity index is 1320. The van der Waals surface area contributed by atoms with Gasteiger partial charge in [-0.1, -0.05) is 26.8 Å². The summed E-state index contributed by atoms with van der Waals surface area (Å²) >= 11 is 0. The van der Waals surface area contributed by atoms with E-state index in [-0.39, 0.29) is 11.7 Å². The standard InChI is InChI=1S/C29H34F4N2O2Si/c1-18-14-21(30)9-12-24(18)34-17-35(27(36)23-16-20(29(31,32)33)8-11-26(23)34)25-13-10-22(15-19(25)2)37-38(6,7)28(3,4)5/h8-15,23H,16-17H2,1-7H3. The SMILES string of the molecule is Cc1cc(O[Si](C)(C)C(C)(C)C)ccc1N1CN(c2ccc(F)cc2C)C2=CC=C(C(F)(F)F)CC2C1=O. The first-order chi connectivity index (χ1) is 17.5. The fourth-order valence-electron chi connectivity index (χ4n) is 4.65. The topological polar surface area (TPSA) is 32.8 Å². The maximum atomic E-state index is 13.9. The molecular weight excluding hydrogens is 512 g/mol.